The molecule has 0 radical (unpaired) electrons. The zero-order valence-electron chi connectivity index (χ0n) is 10.6. The van der Waals surface area contributed by atoms with Gasteiger partial charge in [0.25, 0.3) is 0 Å². The molecular weight excluding hydrogens is 300 g/mol. The van der Waals surface area contributed by atoms with Crippen LogP contribution < -0.4 is 4.74 Å². The van der Waals surface area contributed by atoms with Crippen LogP contribution >= 0.6 is 15.9 Å². The number of methoxy groups -OCH3 is 1. The van der Waals surface area contributed by atoms with Gasteiger partial charge in [0, 0.05) is 0 Å². The van der Waals surface area contributed by atoms with Crippen molar-refractivity contribution in [2.75, 3.05) is 7.11 Å². The maximum Gasteiger partial charge on any atom is 0.309 e. The van der Waals surface area contributed by atoms with Crippen LogP contribution in [0, 0.1) is 5.41 Å². The predicted molar refractivity (Wildman–Crippen MR) is 71.7 cm³/mol. The lowest BCUT2D eigenvalue weighted by Crippen LogP contribution is -2.26. The number of benzene rings is 1. The fourth-order valence-corrected chi connectivity index (χ4v) is 2.14. The van der Waals surface area contributed by atoms with Crippen molar-refractivity contribution in [1.29, 1.82) is 0 Å². The SMILES string of the molecule is COc1ccc(C(O)CC(C)(C)C(=O)O)cc1Br. The summed E-state index contributed by atoms with van der Waals surface area (Å²) in [5, 5.41) is 19.1. The average Bonchev–Trinajstić information content (AvgIpc) is 2.28. The monoisotopic (exact) mass is 316 g/mol. The molecule has 1 rings (SSSR count). The van der Waals surface area contributed by atoms with Gasteiger partial charge in [-0.25, -0.2) is 0 Å². The summed E-state index contributed by atoms with van der Waals surface area (Å²) in [5.41, 5.74) is -0.303. The Balaban J connectivity index is 2.88. The molecule has 4 nitrogen and oxygen atoms in total. The first-order valence-corrected chi connectivity index (χ1v) is 6.32. The van der Waals surface area contributed by atoms with Crippen LogP contribution in [0.15, 0.2) is 22.7 Å². The molecule has 0 amide bonds. The van der Waals surface area contributed by atoms with Crippen LogP contribution in [-0.4, -0.2) is 23.3 Å². The Morgan fingerprint density at radius 3 is 2.56 bits per heavy atom. The predicted octanol–water partition coefficient (Wildman–Crippen LogP) is 2.99. The van der Waals surface area contributed by atoms with Crippen molar-refractivity contribution in [3.05, 3.63) is 28.2 Å². The third-order valence-corrected chi connectivity index (χ3v) is 3.46. The molecule has 1 aromatic carbocycles. The van der Waals surface area contributed by atoms with Gasteiger partial charge < -0.3 is 14.9 Å². The molecular formula is C13H17BrO4. The number of hydrogen-bond acceptors (Lipinski definition) is 3. The Morgan fingerprint density at radius 2 is 2.11 bits per heavy atom. The lowest BCUT2D eigenvalue weighted by Gasteiger charge is -2.23. The molecule has 0 aliphatic heterocycles. The van der Waals surface area contributed by atoms with Gasteiger partial charge in [-0.3, -0.25) is 4.79 Å². The van der Waals surface area contributed by atoms with Crippen LogP contribution in [0.4, 0.5) is 0 Å². The Morgan fingerprint density at radius 1 is 1.50 bits per heavy atom. The smallest absolute Gasteiger partial charge is 0.309 e. The van der Waals surface area contributed by atoms with Crippen molar-refractivity contribution in [1.82, 2.24) is 0 Å². The van der Waals surface area contributed by atoms with E-state index in [1.807, 2.05) is 0 Å². The molecule has 0 spiro atoms. The highest BCUT2D eigenvalue weighted by Crippen LogP contribution is 2.33. The van der Waals surface area contributed by atoms with E-state index in [2.05, 4.69) is 15.9 Å². The largest absolute Gasteiger partial charge is 0.496 e. The first-order chi connectivity index (χ1) is 8.27. The van der Waals surface area contributed by atoms with Crippen LogP contribution in [0.2, 0.25) is 0 Å². The normalized spacial score (nSPS) is 13.2. The first kappa shape index (κ1) is 15.0. The third-order valence-electron chi connectivity index (χ3n) is 2.84. The van der Waals surface area contributed by atoms with Gasteiger partial charge in [0.15, 0.2) is 0 Å². The standard InChI is InChI=1S/C13H17BrO4/c1-13(2,12(16)17)7-10(15)8-4-5-11(18-3)9(14)6-8/h4-6,10,15H,7H2,1-3H3,(H,16,17). The van der Waals surface area contributed by atoms with Crippen LogP contribution in [0.5, 0.6) is 5.75 Å². The molecule has 100 valence electrons. The lowest BCUT2D eigenvalue weighted by atomic mass is 9.85. The summed E-state index contributed by atoms with van der Waals surface area (Å²) in [4.78, 5) is 11.0. The van der Waals surface area contributed by atoms with Gasteiger partial charge in [-0.1, -0.05) is 6.07 Å². The number of halogens is 1. The maximum absolute atomic E-state index is 11.0. The van der Waals surface area contributed by atoms with E-state index in [9.17, 15) is 9.90 Å². The lowest BCUT2D eigenvalue weighted by molar-refractivity contribution is -0.148. The number of carboxylic acid groups (broad SMARTS) is 1. The molecule has 1 unspecified atom stereocenters. The number of aliphatic hydroxyl groups is 1. The molecule has 0 heterocycles. The number of aliphatic carboxylic acids is 1. The molecule has 0 saturated carbocycles. The van der Waals surface area contributed by atoms with Crippen molar-refractivity contribution in [2.24, 2.45) is 5.41 Å². The molecule has 5 heteroatoms. The number of ether oxygens (including phenoxy) is 1. The summed E-state index contributed by atoms with van der Waals surface area (Å²) < 4.78 is 5.83. The first-order valence-electron chi connectivity index (χ1n) is 5.53. The molecule has 1 atom stereocenters. The Labute approximate surface area is 115 Å². The molecule has 0 aromatic heterocycles. The van der Waals surface area contributed by atoms with E-state index in [0.29, 0.717) is 11.3 Å². The van der Waals surface area contributed by atoms with Crippen LogP contribution in [0.3, 0.4) is 0 Å². The summed E-state index contributed by atoms with van der Waals surface area (Å²) in [6, 6.07) is 5.20. The summed E-state index contributed by atoms with van der Waals surface area (Å²) >= 11 is 3.33. The second-order valence-electron chi connectivity index (χ2n) is 4.80. The van der Waals surface area contributed by atoms with Crippen LogP contribution in [0.1, 0.15) is 31.9 Å². The highest BCUT2D eigenvalue weighted by Gasteiger charge is 2.30. The van der Waals surface area contributed by atoms with Crippen molar-refractivity contribution < 1.29 is 19.7 Å². The van der Waals surface area contributed by atoms with Crippen molar-refractivity contribution in [2.45, 2.75) is 26.4 Å². The zero-order chi connectivity index (χ0) is 13.9. The fourth-order valence-electron chi connectivity index (χ4n) is 1.58. The molecule has 0 saturated heterocycles. The van der Waals surface area contributed by atoms with Gasteiger partial charge >= 0.3 is 5.97 Å². The Bertz CT molecular complexity index is 443. The number of hydrogen-bond donors (Lipinski definition) is 2. The molecule has 1 aromatic rings. The summed E-state index contributed by atoms with van der Waals surface area (Å²) in [7, 11) is 1.56. The minimum Gasteiger partial charge on any atom is -0.496 e. The number of carbonyl (C=O) groups is 1. The van der Waals surface area contributed by atoms with E-state index < -0.39 is 17.5 Å². The molecule has 2 N–H and O–H groups in total. The van der Waals surface area contributed by atoms with Crippen molar-refractivity contribution in [3.8, 4) is 5.75 Å². The summed E-state index contributed by atoms with van der Waals surface area (Å²) in [5.74, 6) is -0.252. The summed E-state index contributed by atoms with van der Waals surface area (Å²) in [6.45, 7) is 3.19. The van der Waals surface area contributed by atoms with E-state index in [0.717, 1.165) is 4.47 Å². The molecule has 0 bridgehead atoms. The molecule has 0 fully saturated rings. The number of rotatable bonds is 5. The minimum absolute atomic E-state index is 0.154. The fraction of sp³-hybridized carbons (Fsp3) is 0.462. The van der Waals surface area contributed by atoms with E-state index in [1.54, 1.807) is 39.2 Å². The second kappa shape index (κ2) is 5.71. The van der Waals surface area contributed by atoms with Gasteiger partial charge in [0.05, 0.1) is 23.1 Å². The van der Waals surface area contributed by atoms with Gasteiger partial charge in [-0.2, -0.15) is 0 Å². The Hall–Kier alpha value is -1.07. The second-order valence-corrected chi connectivity index (χ2v) is 5.66. The average molecular weight is 317 g/mol. The quantitative estimate of drug-likeness (QED) is 0.876. The van der Waals surface area contributed by atoms with E-state index in [4.69, 9.17) is 9.84 Å². The maximum atomic E-state index is 11.0. The van der Waals surface area contributed by atoms with Crippen molar-refractivity contribution >= 4 is 21.9 Å². The highest BCUT2D eigenvalue weighted by molar-refractivity contribution is 9.10. The number of carboxylic acids is 1. The molecule has 0 aliphatic rings. The number of aliphatic hydroxyl groups excluding tert-OH is 1. The Kier molecular flexibility index (Phi) is 4.76. The van der Waals surface area contributed by atoms with Crippen molar-refractivity contribution in [3.63, 3.8) is 0 Å². The van der Waals surface area contributed by atoms with Crippen LogP contribution in [0.25, 0.3) is 0 Å². The topological polar surface area (TPSA) is 66.8 Å². The third kappa shape index (κ3) is 3.46. The van der Waals surface area contributed by atoms with E-state index in [1.165, 1.54) is 0 Å². The highest BCUT2D eigenvalue weighted by atomic mass is 79.9. The molecule has 18 heavy (non-hydrogen) atoms. The van der Waals surface area contributed by atoms with Gasteiger partial charge in [-0.15, -0.1) is 0 Å². The van der Waals surface area contributed by atoms with Gasteiger partial charge in [-0.05, 0) is 53.9 Å². The van der Waals surface area contributed by atoms with Gasteiger partial charge in [0.2, 0.25) is 0 Å². The van der Waals surface area contributed by atoms with Gasteiger partial charge in [0.1, 0.15) is 5.75 Å². The van der Waals surface area contributed by atoms with E-state index >= 15 is 0 Å². The van der Waals surface area contributed by atoms with E-state index in [-0.39, 0.29) is 6.42 Å². The summed E-state index contributed by atoms with van der Waals surface area (Å²) in [6.07, 6.45) is -0.667. The minimum atomic E-state index is -0.966. The molecule has 0 aliphatic carbocycles. The van der Waals surface area contributed by atoms with Crippen LogP contribution in [-0.2, 0) is 4.79 Å². The zero-order valence-corrected chi connectivity index (χ0v) is 12.2.